The van der Waals surface area contributed by atoms with E-state index in [0.717, 1.165) is 51.2 Å². The largest absolute Gasteiger partial charge is 0.497 e. The summed E-state index contributed by atoms with van der Waals surface area (Å²) in [5.41, 5.74) is 4.42. The minimum Gasteiger partial charge on any atom is -0.497 e. The van der Waals surface area contributed by atoms with E-state index < -0.39 is 0 Å². The van der Waals surface area contributed by atoms with Crippen molar-refractivity contribution in [3.8, 4) is 5.75 Å². The Morgan fingerprint density at radius 3 is 2.39 bits per heavy atom. The molecule has 3 aromatic rings. The molecule has 2 aromatic carbocycles. The molecular formula is C30H37N3O3. The van der Waals surface area contributed by atoms with Gasteiger partial charge < -0.3 is 9.47 Å². The zero-order valence-electron chi connectivity index (χ0n) is 21.6. The van der Waals surface area contributed by atoms with Crippen molar-refractivity contribution in [2.24, 2.45) is 5.92 Å². The molecule has 1 unspecified atom stereocenters. The van der Waals surface area contributed by atoms with Crippen LogP contribution in [0.3, 0.4) is 0 Å². The van der Waals surface area contributed by atoms with Crippen LogP contribution < -0.4 is 4.74 Å². The van der Waals surface area contributed by atoms with Crippen LogP contribution in [-0.2, 0) is 24.2 Å². The first-order valence-corrected chi connectivity index (χ1v) is 12.7. The smallest absolute Gasteiger partial charge is 0.337 e. The lowest BCUT2D eigenvalue weighted by Gasteiger charge is -2.40. The van der Waals surface area contributed by atoms with Gasteiger partial charge in [-0.05, 0) is 98.4 Å². The van der Waals surface area contributed by atoms with Gasteiger partial charge in [-0.2, -0.15) is 0 Å². The lowest BCUT2D eigenvalue weighted by Crippen LogP contribution is -2.44. The molecular weight excluding hydrogens is 450 g/mol. The highest BCUT2D eigenvalue weighted by molar-refractivity contribution is 5.89. The van der Waals surface area contributed by atoms with E-state index in [0.29, 0.717) is 17.5 Å². The molecule has 0 N–H and O–H groups in total. The van der Waals surface area contributed by atoms with Crippen LogP contribution in [-0.4, -0.2) is 61.2 Å². The molecule has 4 rings (SSSR count). The Labute approximate surface area is 214 Å². The topological polar surface area (TPSA) is 54.9 Å². The lowest BCUT2D eigenvalue weighted by molar-refractivity contribution is 0.0600. The number of carbonyl (C=O) groups excluding carboxylic acids is 1. The Morgan fingerprint density at radius 1 is 1.00 bits per heavy atom. The van der Waals surface area contributed by atoms with E-state index in [1.807, 2.05) is 42.7 Å². The number of likely N-dealkylation sites (tertiary alicyclic amines) is 1. The number of hydrogen-bond donors (Lipinski definition) is 0. The number of pyridine rings is 1. The number of ether oxygens (including phenoxy) is 2. The van der Waals surface area contributed by atoms with E-state index in [2.05, 4.69) is 52.2 Å². The number of esters is 1. The number of nitrogens with zero attached hydrogens (tertiary/aromatic N) is 3. The van der Waals surface area contributed by atoms with Gasteiger partial charge in [0, 0.05) is 31.5 Å². The number of carbonyl (C=O) groups is 1. The summed E-state index contributed by atoms with van der Waals surface area (Å²) in [7, 11) is 5.39. The van der Waals surface area contributed by atoms with E-state index in [9.17, 15) is 4.79 Å². The molecule has 0 radical (unpaired) electrons. The molecule has 6 heteroatoms. The fraction of sp³-hybridized carbons (Fsp3) is 0.400. The van der Waals surface area contributed by atoms with Crippen molar-refractivity contribution >= 4 is 5.97 Å². The number of benzene rings is 2. The summed E-state index contributed by atoms with van der Waals surface area (Å²) in [6.45, 7) is 3.95. The first-order chi connectivity index (χ1) is 17.6. The van der Waals surface area contributed by atoms with Gasteiger partial charge in [0.05, 0.1) is 19.8 Å². The minimum absolute atomic E-state index is 0.291. The monoisotopic (exact) mass is 487 g/mol. The maximum Gasteiger partial charge on any atom is 0.337 e. The third-order valence-corrected chi connectivity index (χ3v) is 7.28. The van der Waals surface area contributed by atoms with Crippen LogP contribution in [0.25, 0.3) is 0 Å². The highest BCUT2D eigenvalue weighted by Crippen LogP contribution is 2.29. The Kier molecular flexibility index (Phi) is 9.09. The third kappa shape index (κ3) is 6.93. The van der Waals surface area contributed by atoms with Gasteiger partial charge in [-0.15, -0.1) is 0 Å². The average Bonchev–Trinajstić information content (AvgIpc) is 2.93. The summed E-state index contributed by atoms with van der Waals surface area (Å²) < 4.78 is 10.3. The molecule has 1 aromatic heterocycles. The summed E-state index contributed by atoms with van der Waals surface area (Å²) in [5, 5.41) is 0. The standard InChI is InChI=1S/C30H37N3O3/c1-32(21-24-11-15-31-16-12-24)29(20-25-5-4-6-28(19-25)35-2)26-13-17-33(18-14-26)22-23-7-9-27(10-8-23)30(34)36-3/h4-12,15-16,19,26,29H,13-14,17-18,20-22H2,1-3H3. The highest BCUT2D eigenvalue weighted by Gasteiger charge is 2.29. The zero-order chi connectivity index (χ0) is 25.3. The number of hydrogen-bond acceptors (Lipinski definition) is 6. The summed E-state index contributed by atoms with van der Waals surface area (Å²) in [4.78, 5) is 20.9. The molecule has 0 amide bonds. The molecule has 1 saturated heterocycles. The molecule has 1 fully saturated rings. The van der Waals surface area contributed by atoms with Gasteiger partial charge in [0.2, 0.25) is 0 Å². The van der Waals surface area contributed by atoms with E-state index >= 15 is 0 Å². The SMILES string of the molecule is COC(=O)c1ccc(CN2CCC(C(Cc3cccc(OC)c3)N(C)Cc3ccncc3)CC2)cc1. The van der Waals surface area contributed by atoms with Crippen molar-refractivity contribution in [1.29, 1.82) is 0 Å². The molecule has 0 spiro atoms. The normalized spacial score (nSPS) is 15.6. The van der Waals surface area contributed by atoms with E-state index in [1.165, 1.54) is 23.8 Å². The second kappa shape index (κ2) is 12.7. The van der Waals surface area contributed by atoms with Gasteiger partial charge in [0.25, 0.3) is 0 Å². The second-order valence-corrected chi connectivity index (χ2v) is 9.70. The number of piperidine rings is 1. The van der Waals surface area contributed by atoms with Gasteiger partial charge >= 0.3 is 5.97 Å². The fourth-order valence-electron chi connectivity index (χ4n) is 5.23. The zero-order valence-corrected chi connectivity index (χ0v) is 21.6. The van der Waals surface area contributed by atoms with Crippen LogP contribution in [0.5, 0.6) is 5.75 Å². The quantitative estimate of drug-likeness (QED) is 0.382. The first kappa shape index (κ1) is 25.9. The van der Waals surface area contributed by atoms with Gasteiger partial charge in [0.15, 0.2) is 0 Å². The highest BCUT2D eigenvalue weighted by atomic mass is 16.5. The van der Waals surface area contributed by atoms with Crippen LogP contribution >= 0.6 is 0 Å². The van der Waals surface area contributed by atoms with Crippen molar-refractivity contribution in [3.05, 3.63) is 95.3 Å². The molecule has 6 nitrogen and oxygen atoms in total. The van der Waals surface area contributed by atoms with Crippen molar-refractivity contribution in [3.63, 3.8) is 0 Å². The van der Waals surface area contributed by atoms with E-state index in [1.54, 1.807) is 7.11 Å². The number of aromatic nitrogens is 1. The molecule has 0 saturated carbocycles. The molecule has 0 aliphatic carbocycles. The molecule has 36 heavy (non-hydrogen) atoms. The Hall–Kier alpha value is -3.22. The van der Waals surface area contributed by atoms with Crippen LogP contribution in [0, 0.1) is 5.92 Å². The first-order valence-electron chi connectivity index (χ1n) is 12.7. The third-order valence-electron chi connectivity index (χ3n) is 7.28. The molecule has 1 atom stereocenters. The van der Waals surface area contributed by atoms with Crippen LogP contribution in [0.15, 0.2) is 73.1 Å². The van der Waals surface area contributed by atoms with Crippen molar-refractivity contribution in [2.45, 2.75) is 38.4 Å². The Bertz CT molecular complexity index is 1100. The summed E-state index contributed by atoms with van der Waals surface area (Å²) in [6, 6.07) is 20.9. The molecule has 190 valence electrons. The molecule has 1 aliphatic heterocycles. The van der Waals surface area contributed by atoms with Crippen molar-refractivity contribution in [1.82, 2.24) is 14.8 Å². The lowest BCUT2D eigenvalue weighted by atomic mass is 9.84. The van der Waals surface area contributed by atoms with E-state index in [4.69, 9.17) is 9.47 Å². The molecule has 1 aliphatic rings. The van der Waals surface area contributed by atoms with Crippen LogP contribution in [0.1, 0.15) is 39.9 Å². The number of methoxy groups -OCH3 is 2. The predicted molar refractivity (Wildman–Crippen MR) is 142 cm³/mol. The maximum atomic E-state index is 11.7. The van der Waals surface area contributed by atoms with Crippen molar-refractivity contribution < 1.29 is 14.3 Å². The van der Waals surface area contributed by atoms with Crippen LogP contribution in [0.2, 0.25) is 0 Å². The summed E-state index contributed by atoms with van der Waals surface area (Å²) in [5.74, 6) is 1.23. The van der Waals surface area contributed by atoms with Gasteiger partial charge in [-0.25, -0.2) is 4.79 Å². The molecule has 0 bridgehead atoms. The fourth-order valence-corrected chi connectivity index (χ4v) is 5.23. The van der Waals surface area contributed by atoms with E-state index in [-0.39, 0.29) is 5.97 Å². The average molecular weight is 488 g/mol. The van der Waals surface area contributed by atoms with Gasteiger partial charge in [-0.1, -0.05) is 24.3 Å². The second-order valence-electron chi connectivity index (χ2n) is 9.70. The number of rotatable bonds is 10. The summed E-state index contributed by atoms with van der Waals surface area (Å²) in [6.07, 6.45) is 7.07. The van der Waals surface area contributed by atoms with Gasteiger partial charge in [0.1, 0.15) is 5.75 Å². The Balaban J connectivity index is 1.41. The molecule has 2 heterocycles. The predicted octanol–water partition coefficient (Wildman–Crippen LogP) is 4.83. The number of likely N-dealkylation sites (N-methyl/N-ethyl adjacent to an activating group) is 1. The van der Waals surface area contributed by atoms with Crippen LogP contribution in [0.4, 0.5) is 0 Å². The summed E-state index contributed by atoms with van der Waals surface area (Å²) >= 11 is 0. The van der Waals surface area contributed by atoms with Gasteiger partial charge in [-0.3, -0.25) is 14.8 Å². The maximum absolute atomic E-state index is 11.7. The Morgan fingerprint density at radius 2 is 1.72 bits per heavy atom. The van der Waals surface area contributed by atoms with Crippen molar-refractivity contribution in [2.75, 3.05) is 34.4 Å². The minimum atomic E-state index is -0.291.